The van der Waals surface area contributed by atoms with Crippen LogP contribution in [-0.4, -0.2) is 149 Å². The number of aliphatic hydroxyl groups is 8. The van der Waals surface area contributed by atoms with Gasteiger partial charge in [0.15, 0.2) is 6.29 Å². The Labute approximate surface area is 491 Å². The molecule has 2 rings (SSSR count). The molecule has 17 heteroatoms. The second-order valence-electron chi connectivity index (χ2n) is 23.1. The molecule has 0 spiro atoms. The first-order chi connectivity index (χ1) is 39.1. The fourth-order valence-corrected chi connectivity index (χ4v) is 10.2. The lowest BCUT2D eigenvalue weighted by Gasteiger charge is -2.43. The van der Waals surface area contributed by atoms with Crippen LogP contribution < -0.4 is 0 Å². The van der Waals surface area contributed by atoms with Gasteiger partial charge < -0.3 is 70.4 Å². The summed E-state index contributed by atoms with van der Waals surface area (Å²) in [6.45, 7) is 4.48. The smallest absolute Gasteiger partial charge is 0.303 e. The maximum atomic E-state index is 10.3. The summed E-state index contributed by atoms with van der Waals surface area (Å²) in [4.78, 5) is 31.0. The van der Waals surface area contributed by atoms with Gasteiger partial charge in [-0.05, 0) is 19.3 Å². The Morgan fingerprint density at radius 1 is 0.346 bits per heavy atom. The minimum absolute atomic E-state index is 0.345. The van der Waals surface area contributed by atoms with E-state index in [0.29, 0.717) is 19.3 Å². The van der Waals surface area contributed by atoms with Crippen LogP contribution in [0.25, 0.3) is 0 Å². The van der Waals surface area contributed by atoms with E-state index < -0.39 is 92.5 Å². The standard InChI is InChI=1S/2C18H36O2.C16H32O2.C12H22O11/c2*1-2-3-4-5-6-7-8-9-10-11-12-13-14-15-16-17-18(19)20;1-2-3-4-5-6-7-8-9-10-11-12-13-14-15-16(17)18;13-1-4-6(16)8(18)9(19)11(21-4)23-12(3-15)10(20)7(17)5(2-14)22-12/h2*2-17H2,1H3,(H,19,20);2-15H2,1H3,(H,17,18);4-11,13-20H,1-3H2/t;;;4-,5-,6-,7-,8+,9-,10+,11-,12+/m...1/s1. The van der Waals surface area contributed by atoms with Crippen LogP contribution in [0, 0.1) is 0 Å². The molecule has 0 bridgehead atoms. The second-order valence-corrected chi connectivity index (χ2v) is 23.1. The molecule has 0 aromatic rings. The zero-order valence-corrected chi connectivity index (χ0v) is 51.6. The number of hydrogen-bond donors (Lipinski definition) is 11. The third kappa shape index (κ3) is 46.9. The molecule has 0 aromatic heterocycles. The third-order valence-corrected chi connectivity index (χ3v) is 15.6. The number of rotatable bonds is 51. The Morgan fingerprint density at radius 2 is 0.593 bits per heavy atom. The van der Waals surface area contributed by atoms with Crippen molar-refractivity contribution < 1.29 is 84.8 Å². The van der Waals surface area contributed by atoms with E-state index in [2.05, 4.69) is 20.8 Å². The highest BCUT2D eigenvalue weighted by Gasteiger charge is 2.58. The molecule has 17 nitrogen and oxygen atoms in total. The first-order valence-corrected chi connectivity index (χ1v) is 33.0. The molecule has 9 atom stereocenters. The van der Waals surface area contributed by atoms with Crippen LogP contribution in [0.2, 0.25) is 0 Å². The van der Waals surface area contributed by atoms with Crippen molar-refractivity contribution in [3.05, 3.63) is 0 Å². The van der Waals surface area contributed by atoms with Crippen molar-refractivity contribution in [2.24, 2.45) is 0 Å². The Balaban J connectivity index is 0. The number of hydrogen-bond acceptors (Lipinski definition) is 14. The van der Waals surface area contributed by atoms with Gasteiger partial charge in [0.1, 0.15) is 49.3 Å². The molecule has 2 saturated heterocycles. The first kappa shape index (κ1) is 81.0. The average molecular weight is 1170 g/mol. The molecule has 0 amide bonds. The van der Waals surface area contributed by atoms with Gasteiger partial charge in [0, 0.05) is 19.3 Å². The molecule has 0 aliphatic carbocycles. The minimum Gasteiger partial charge on any atom is -0.481 e. The molecule has 2 heterocycles. The van der Waals surface area contributed by atoms with Gasteiger partial charge in [0.25, 0.3) is 0 Å². The summed E-state index contributed by atoms with van der Waals surface area (Å²) in [6.07, 6.45) is 45.0. The van der Waals surface area contributed by atoms with Crippen molar-refractivity contribution >= 4 is 17.9 Å². The number of unbranched alkanes of at least 4 members (excludes halogenated alkanes) is 40. The van der Waals surface area contributed by atoms with Crippen molar-refractivity contribution in [3.63, 3.8) is 0 Å². The van der Waals surface area contributed by atoms with E-state index in [1.54, 1.807) is 0 Å². The highest BCUT2D eigenvalue weighted by atomic mass is 16.8. The van der Waals surface area contributed by atoms with E-state index in [1.165, 1.54) is 238 Å². The third-order valence-electron chi connectivity index (χ3n) is 15.6. The van der Waals surface area contributed by atoms with Crippen LogP contribution in [0.1, 0.15) is 316 Å². The quantitative estimate of drug-likeness (QED) is 0.0252. The van der Waals surface area contributed by atoms with Gasteiger partial charge in [0.2, 0.25) is 5.79 Å². The normalized spacial score (nSPS) is 22.3. The maximum absolute atomic E-state index is 10.3. The maximum Gasteiger partial charge on any atom is 0.303 e. The van der Waals surface area contributed by atoms with E-state index in [4.69, 9.17) is 39.7 Å². The monoisotopic (exact) mass is 1170 g/mol. The highest BCUT2D eigenvalue weighted by Crippen LogP contribution is 2.36. The van der Waals surface area contributed by atoms with Crippen LogP contribution in [0.15, 0.2) is 0 Å². The fourth-order valence-electron chi connectivity index (χ4n) is 10.2. The first-order valence-electron chi connectivity index (χ1n) is 33.0. The molecule has 2 aliphatic rings. The topological polar surface area (TPSA) is 301 Å². The van der Waals surface area contributed by atoms with Crippen molar-refractivity contribution in [3.8, 4) is 0 Å². The summed E-state index contributed by atoms with van der Waals surface area (Å²) >= 11 is 0. The van der Waals surface area contributed by atoms with Crippen LogP contribution >= 0.6 is 0 Å². The van der Waals surface area contributed by atoms with E-state index in [0.717, 1.165) is 38.5 Å². The summed E-state index contributed by atoms with van der Waals surface area (Å²) in [5, 5.41) is 102. The van der Waals surface area contributed by atoms with E-state index in [1.807, 2.05) is 0 Å². The van der Waals surface area contributed by atoms with Gasteiger partial charge >= 0.3 is 17.9 Å². The minimum atomic E-state index is -2.22. The summed E-state index contributed by atoms with van der Waals surface area (Å²) in [7, 11) is 0. The molecular formula is C64H126O17. The summed E-state index contributed by atoms with van der Waals surface area (Å²) in [6, 6.07) is 0. The second kappa shape index (κ2) is 58.4. The molecule has 0 unspecified atom stereocenters. The summed E-state index contributed by atoms with van der Waals surface area (Å²) in [5.41, 5.74) is 0. The Morgan fingerprint density at radius 3 is 0.802 bits per heavy atom. The molecule has 2 aliphatic heterocycles. The van der Waals surface area contributed by atoms with Gasteiger partial charge in [-0.25, -0.2) is 0 Å². The molecule has 81 heavy (non-hydrogen) atoms. The van der Waals surface area contributed by atoms with Gasteiger partial charge in [-0.3, -0.25) is 14.4 Å². The molecule has 11 N–H and O–H groups in total. The van der Waals surface area contributed by atoms with Crippen molar-refractivity contribution in [1.82, 2.24) is 0 Å². The van der Waals surface area contributed by atoms with E-state index >= 15 is 0 Å². The summed E-state index contributed by atoms with van der Waals surface area (Å²) < 4.78 is 15.4. The predicted octanol–water partition coefficient (Wildman–Crippen LogP) is 12.8. The van der Waals surface area contributed by atoms with Gasteiger partial charge in [-0.2, -0.15) is 0 Å². The number of aliphatic carboxylic acids is 3. The molecule has 484 valence electrons. The average Bonchev–Trinajstić information content (AvgIpc) is 3.69. The van der Waals surface area contributed by atoms with E-state index in [9.17, 15) is 45.0 Å². The fraction of sp³-hybridized carbons (Fsp3) is 0.953. The zero-order valence-electron chi connectivity index (χ0n) is 51.6. The van der Waals surface area contributed by atoms with Crippen LogP contribution in [0.4, 0.5) is 0 Å². The lowest BCUT2D eigenvalue weighted by molar-refractivity contribution is -0.383. The van der Waals surface area contributed by atoms with Crippen molar-refractivity contribution in [1.29, 1.82) is 0 Å². The van der Waals surface area contributed by atoms with Gasteiger partial charge in [-0.15, -0.1) is 0 Å². The summed E-state index contributed by atoms with van der Waals surface area (Å²) in [5.74, 6) is -4.18. The van der Waals surface area contributed by atoms with Crippen LogP contribution in [0.5, 0.6) is 0 Å². The Bertz CT molecular complexity index is 1330. The van der Waals surface area contributed by atoms with Gasteiger partial charge in [0.05, 0.1) is 13.2 Å². The van der Waals surface area contributed by atoms with Crippen molar-refractivity contribution in [2.45, 2.75) is 371 Å². The highest BCUT2D eigenvalue weighted by molar-refractivity contribution is 5.67. The Hall–Kier alpha value is -2.03. The molecule has 0 saturated carbocycles. The Kier molecular flexibility index (Phi) is 58.4. The lowest BCUT2D eigenvalue weighted by atomic mass is 9.99. The number of carbonyl (C=O) groups is 3. The van der Waals surface area contributed by atoms with Gasteiger partial charge in [-0.1, -0.05) is 278 Å². The SMILES string of the molecule is CCCCCCCCCCCCCCCC(=O)O.CCCCCCCCCCCCCCCCCC(=O)O.CCCCCCCCCCCCCCCCCC(=O)O.OC[C@H]1O[C@@](CO)(O[C@H]2O[C@H](CO)[C@@H](O)[C@H](O)[C@H]2O)[C@@H](O)[C@@H]1O. The molecule has 0 radical (unpaired) electrons. The number of carboxylic acids is 3. The van der Waals surface area contributed by atoms with Crippen molar-refractivity contribution in [2.75, 3.05) is 19.8 Å². The molecule has 2 fully saturated rings. The number of aliphatic hydroxyl groups excluding tert-OH is 8. The predicted molar refractivity (Wildman–Crippen MR) is 321 cm³/mol. The largest absolute Gasteiger partial charge is 0.481 e. The van der Waals surface area contributed by atoms with Crippen LogP contribution in [0.3, 0.4) is 0 Å². The zero-order chi connectivity index (χ0) is 60.6. The number of ether oxygens (including phenoxy) is 3. The molecule has 0 aromatic carbocycles. The lowest BCUT2D eigenvalue weighted by Crippen LogP contribution is -2.62. The van der Waals surface area contributed by atoms with E-state index in [-0.39, 0.29) is 0 Å². The van der Waals surface area contributed by atoms with Crippen LogP contribution in [-0.2, 0) is 28.6 Å². The molecular weight excluding hydrogens is 1040 g/mol. The number of carboxylic acid groups (broad SMARTS) is 3.